The highest BCUT2D eigenvalue weighted by atomic mass is 16.6. The third-order valence-electron chi connectivity index (χ3n) is 7.15. The third-order valence-corrected chi connectivity index (χ3v) is 7.15. The van der Waals surface area contributed by atoms with Crippen molar-refractivity contribution in [2.75, 3.05) is 25.6 Å². The first-order chi connectivity index (χ1) is 19.2. The van der Waals surface area contributed by atoms with E-state index in [0.29, 0.717) is 6.54 Å². The number of anilines is 1. The fourth-order valence-electron chi connectivity index (χ4n) is 5.18. The molecule has 208 valence electrons. The number of carbonyl (C=O) groups is 1. The molecule has 40 heavy (non-hydrogen) atoms. The summed E-state index contributed by atoms with van der Waals surface area (Å²) in [7, 11) is 4.06. The number of benzene rings is 2. The average molecular weight is 542 g/mol. The van der Waals surface area contributed by atoms with Crippen LogP contribution < -0.4 is 4.90 Å². The highest BCUT2D eigenvalue weighted by molar-refractivity contribution is 5.96. The van der Waals surface area contributed by atoms with Crippen molar-refractivity contribution >= 4 is 33.6 Å². The highest BCUT2D eigenvalue weighted by Crippen LogP contribution is 2.35. The van der Waals surface area contributed by atoms with Gasteiger partial charge in [0.25, 0.3) is 0 Å². The quantitative estimate of drug-likeness (QED) is 0.276. The highest BCUT2D eigenvalue weighted by Gasteiger charge is 2.22. The predicted molar refractivity (Wildman–Crippen MR) is 155 cm³/mol. The number of carbonyl (C=O) groups excluding carboxylic acids is 1. The van der Waals surface area contributed by atoms with E-state index in [4.69, 9.17) is 14.6 Å². The van der Waals surface area contributed by atoms with Crippen molar-refractivity contribution in [3.05, 3.63) is 60.6 Å². The van der Waals surface area contributed by atoms with Crippen molar-refractivity contribution in [3.8, 4) is 11.3 Å². The van der Waals surface area contributed by atoms with Gasteiger partial charge < -0.3 is 14.4 Å². The Morgan fingerprint density at radius 1 is 1.12 bits per heavy atom. The molecule has 4 heterocycles. The number of hydrogen-bond donors (Lipinski definition) is 0. The molecule has 3 aromatic heterocycles. The number of aromatic nitrogens is 6. The molecule has 0 bridgehead atoms. The van der Waals surface area contributed by atoms with E-state index in [1.54, 1.807) is 10.8 Å². The molecule has 1 aliphatic heterocycles. The molecule has 1 fully saturated rings. The first kappa shape index (κ1) is 26.1. The van der Waals surface area contributed by atoms with Crippen molar-refractivity contribution in [3.63, 3.8) is 0 Å². The second-order valence-electron chi connectivity index (χ2n) is 11.6. The molecule has 0 N–H and O–H groups in total. The number of hydrogen-bond acceptors (Lipinski definition) is 7. The summed E-state index contributed by atoms with van der Waals surface area (Å²) in [5.41, 5.74) is 5.06. The second-order valence-corrected chi connectivity index (χ2v) is 11.6. The van der Waals surface area contributed by atoms with E-state index in [-0.39, 0.29) is 6.23 Å². The first-order valence-electron chi connectivity index (χ1n) is 13.7. The number of nitrogens with zero attached hydrogens (tertiary/aromatic N) is 7. The zero-order valence-electron chi connectivity index (χ0n) is 23.7. The van der Waals surface area contributed by atoms with Crippen LogP contribution >= 0.6 is 0 Å². The summed E-state index contributed by atoms with van der Waals surface area (Å²) >= 11 is 0. The van der Waals surface area contributed by atoms with Crippen LogP contribution in [-0.2, 0) is 16.0 Å². The topological polar surface area (TPSA) is 92.2 Å². The number of rotatable bonds is 5. The van der Waals surface area contributed by atoms with Crippen LogP contribution in [0.25, 0.3) is 33.1 Å². The summed E-state index contributed by atoms with van der Waals surface area (Å²) in [6.07, 6.45) is 8.34. The minimum Gasteiger partial charge on any atom is -0.443 e. The molecule has 0 spiro atoms. The SMILES string of the molecule is CN(C)c1cc(-c2cn(Cc3ccc4ccn(C(=O)OC(C)(C)C)c4c3)nn2)c2cnn(C3CCCCO3)c2c1. The van der Waals surface area contributed by atoms with E-state index in [1.807, 2.05) is 80.9 Å². The Morgan fingerprint density at radius 2 is 1.98 bits per heavy atom. The molecule has 0 aliphatic carbocycles. The van der Waals surface area contributed by atoms with Gasteiger partial charge in [0.05, 0.1) is 30.0 Å². The molecule has 10 nitrogen and oxygen atoms in total. The molecule has 0 radical (unpaired) electrons. The van der Waals surface area contributed by atoms with Crippen molar-refractivity contribution < 1.29 is 14.3 Å². The van der Waals surface area contributed by atoms with E-state index in [0.717, 1.165) is 70.2 Å². The molecule has 5 aromatic rings. The van der Waals surface area contributed by atoms with Gasteiger partial charge in [0.15, 0.2) is 6.23 Å². The maximum atomic E-state index is 12.7. The van der Waals surface area contributed by atoms with Gasteiger partial charge in [0.1, 0.15) is 11.3 Å². The van der Waals surface area contributed by atoms with E-state index in [9.17, 15) is 4.79 Å². The van der Waals surface area contributed by atoms with E-state index in [1.165, 1.54) is 0 Å². The Bertz CT molecular complexity index is 1680. The Balaban J connectivity index is 1.31. The average Bonchev–Trinajstić information content (AvgIpc) is 3.66. The molecule has 2 aromatic carbocycles. The van der Waals surface area contributed by atoms with Crippen LogP contribution in [-0.4, -0.2) is 61.7 Å². The van der Waals surface area contributed by atoms with Crippen molar-refractivity contribution in [1.29, 1.82) is 0 Å². The Kier molecular flexibility index (Phi) is 6.58. The minimum absolute atomic E-state index is 0.0539. The Labute approximate surface area is 233 Å². The lowest BCUT2D eigenvalue weighted by Crippen LogP contribution is -2.26. The van der Waals surface area contributed by atoms with Gasteiger partial charge in [-0.3, -0.25) is 4.57 Å². The van der Waals surface area contributed by atoms with Crippen LogP contribution in [0.4, 0.5) is 10.5 Å². The summed E-state index contributed by atoms with van der Waals surface area (Å²) in [6, 6.07) is 12.3. The van der Waals surface area contributed by atoms with Gasteiger partial charge >= 0.3 is 6.09 Å². The molecule has 1 unspecified atom stereocenters. The molecule has 6 rings (SSSR count). The fraction of sp³-hybridized carbons (Fsp3) is 0.400. The lowest BCUT2D eigenvalue weighted by Gasteiger charge is -2.24. The van der Waals surface area contributed by atoms with Crippen molar-refractivity contribution in [2.45, 2.75) is 58.4 Å². The maximum Gasteiger partial charge on any atom is 0.418 e. The lowest BCUT2D eigenvalue weighted by molar-refractivity contribution is -0.0366. The molecular weight excluding hydrogens is 506 g/mol. The minimum atomic E-state index is -0.572. The van der Waals surface area contributed by atoms with Crippen molar-refractivity contribution in [1.82, 2.24) is 29.3 Å². The normalized spacial score (nSPS) is 16.1. The summed E-state index contributed by atoms with van der Waals surface area (Å²) in [5, 5.41) is 15.7. The molecule has 0 saturated carbocycles. The Hall–Kier alpha value is -4.18. The van der Waals surface area contributed by atoms with Gasteiger partial charge in [-0.25, -0.2) is 14.2 Å². The van der Waals surface area contributed by atoms with Crippen LogP contribution in [0.1, 0.15) is 51.8 Å². The number of fused-ring (bicyclic) bond motifs is 2. The van der Waals surface area contributed by atoms with Crippen LogP contribution in [0.2, 0.25) is 0 Å². The van der Waals surface area contributed by atoms with Gasteiger partial charge in [-0.2, -0.15) is 5.10 Å². The molecule has 1 saturated heterocycles. The summed E-state index contributed by atoms with van der Waals surface area (Å²) in [5.74, 6) is 0. The second kappa shape index (κ2) is 10.1. The maximum absolute atomic E-state index is 12.7. The zero-order chi connectivity index (χ0) is 28.0. The van der Waals surface area contributed by atoms with Gasteiger partial charge in [-0.1, -0.05) is 17.3 Å². The molecular formula is C30H35N7O3. The third kappa shape index (κ3) is 5.06. The first-order valence-corrected chi connectivity index (χ1v) is 13.7. The molecule has 0 amide bonds. The van der Waals surface area contributed by atoms with Gasteiger partial charge in [0, 0.05) is 48.9 Å². The summed E-state index contributed by atoms with van der Waals surface area (Å²) in [4.78, 5) is 14.8. The van der Waals surface area contributed by atoms with Gasteiger partial charge in [-0.15, -0.1) is 5.10 Å². The Morgan fingerprint density at radius 3 is 2.73 bits per heavy atom. The number of ether oxygens (including phenoxy) is 2. The van der Waals surface area contributed by atoms with Crippen LogP contribution in [0.3, 0.4) is 0 Å². The van der Waals surface area contributed by atoms with E-state index >= 15 is 0 Å². The standard InChI is InChI=1S/C30H35N7O3/c1-30(2,3)40-29(38)36-12-11-21-10-9-20(14-26(21)36)18-35-19-25(32-33-35)23-15-22(34(4)5)16-27-24(23)17-31-37(27)28-8-6-7-13-39-28/h9-12,14-17,19,28H,6-8,13,18H2,1-5H3. The van der Waals surface area contributed by atoms with E-state index in [2.05, 4.69) is 27.3 Å². The zero-order valence-corrected chi connectivity index (χ0v) is 23.7. The van der Waals surface area contributed by atoms with Gasteiger partial charge in [0.2, 0.25) is 0 Å². The largest absolute Gasteiger partial charge is 0.443 e. The van der Waals surface area contributed by atoms with Crippen molar-refractivity contribution in [2.24, 2.45) is 0 Å². The van der Waals surface area contributed by atoms with Crippen LogP contribution in [0.15, 0.2) is 55.0 Å². The van der Waals surface area contributed by atoms with Crippen LogP contribution in [0, 0.1) is 0 Å². The smallest absolute Gasteiger partial charge is 0.418 e. The van der Waals surface area contributed by atoms with E-state index < -0.39 is 11.7 Å². The molecule has 10 heteroatoms. The van der Waals surface area contributed by atoms with Gasteiger partial charge in [-0.05, 0) is 69.9 Å². The molecule has 1 atom stereocenters. The summed E-state index contributed by atoms with van der Waals surface area (Å²) < 4.78 is 17.0. The lowest BCUT2D eigenvalue weighted by atomic mass is 10.1. The summed E-state index contributed by atoms with van der Waals surface area (Å²) in [6.45, 7) is 6.85. The molecule has 1 aliphatic rings. The monoisotopic (exact) mass is 541 g/mol. The fourth-order valence-corrected chi connectivity index (χ4v) is 5.18. The predicted octanol–water partition coefficient (Wildman–Crippen LogP) is 5.85. The van der Waals surface area contributed by atoms with Crippen LogP contribution in [0.5, 0.6) is 0 Å².